The Bertz CT molecular complexity index is 1520. The third kappa shape index (κ3) is 3.51. The predicted molar refractivity (Wildman–Crippen MR) is 136 cm³/mol. The van der Waals surface area contributed by atoms with Crippen LogP contribution in [0.2, 0.25) is 5.02 Å². The van der Waals surface area contributed by atoms with Crippen LogP contribution < -0.4 is 0 Å². The SMILES string of the molecule is Clc1c(-c2nnc(SCc3nc4ccccc4s3)n2-c2ccccc2)sc2ccccc12. The summed E-state index contributed by atoms with van der Waals surface area (Å²) in [4.78, 5) is 5.69. The number of halogens is 1. The zero-order valence-corrected chi connectivity index (χ0v) is 19.8. The fourth-order valence-electron chi connectivity index (χ4n) is 3.59. The van der Waals surface area contributed by atoms with Gasteiger partial charge in [-0.2, -0.15) is 0 Å². The average Bonchev–Trinajstić information content (AvgIpc) is 3.53. The van der Waals surface area contributed by atoms with E-state index in [1.165, 1.54) is 4.70 Å². The molecule has 0 bridgehead atoms. The van der Waals surface area contributed by atoms with E-state index in [1.807, 2.05) is 54.6 Å². The van der Waals surface area contributed by atoms with Crippen LogP contribution in [0.25, 0.3) is 36.7 Å². The third-order valence-corrected chi connectivity index (χ3v) is 8.88. The summed E-state index contributed by atoms with van der Waals surface area (Å²) in [6.07, 6.45) is 0. The van der Waals surface area contributed by atoms with Gasteiger partial charge in [0.05, 0.1) is 25.9 Å². The molecule has 0 saturated heterocycles. The normalized spacial score (nSPS) is 11.5. The molecule has 3 aromatic carbocycles. The second kappa shape index (κ2) is 8.33. The molecule has 6 rings (SSSR count). The van der Waals surface area contributed by atoms with Gasteiger partial charge in [0, 0.05) is 15.8 Å². The van der Waals surface area contributed by atoms with Crippen molar-refractivity contribution in [2.24, 2.45) is 0 Å². The Kier molecular flexibility index (Phi) is 5.19. The molecular formula is C24H15ClN4S3. The number of fused-ring (bicyclic) bond motifs is 2. The maximum Gasteiger partial charge on any atom is 0.196 e. The first-order valence-corrected chi connectivity index (χ1v) is 12.9. The lowest BCUT2D eigenvalue weighted by Crippen LogP contribution is -1.99. The highest BCUT2D eigenvalue weighted by Gasteiger charge is 2.22. The molecule has 0 amide bonds. The van der Waals surface area contributed by atoms with Crippen LogP contribution in [0.4, 0.5) is 0 Å². The van der Waals surface area contributed by atoms with Gasteiger partial charge < -0.3 is 0 Å². The summed E-state index contributed by atoms with van der Waals surface area (Å²) in [6, 6.07) is 26.6. The van der Waals surface area contributed by atoms with Gasteiger partial charge in [0.25, 0.3) is 0 Å². The van der Waals surface area contributed by atoms with Crippen molar-refractivity contribution in [1.29, 1.82) is 0 Å². The maximum absolute atomic E-state index is 6.79. The Morgan fingerprint density at radius 3 is 2.38 bits per heavy atom. The van der Waals surface area contributed by atoms with Crippen LogP contribution >= 0.6 is 46.0 Å². The molecule has 0 saturated carbocycles. The summed E-state index contributed by atoms with van der Waals surface area (Å²) >= 11 is 11.8. The van der Waals surface area contributed by atoms with Gasteiger partial charge in [-0.3, -0.25) is 4.57 Å². The molecule has 6 aromatic rings. The molecule has 8 heteroatoms. The molecule has 0 spiro atoms. The van der Waals surface area contributed by atoms with E-state index in [-0.39, 0.29) is 0 Å². The number of aromatic nitrogens is 4. The van der Waals surface area contributed by atoms with Crippen LogP contribution in [0.3, 0.4) is 0 Å². The first-order valence-electron chi connectivity index (χ1n) is 9.93. The van der Waals surface area contributed by atoms with Crippen molar-refractivity contribution in [2.45, 2.75) is 10.9 Å². The minimum atomic E-state index is 0.720. The van der Waals surface area contributed by atoms with Gasteiger partial charge in [0.1, 0.15) is 5.01 Å². The average molecular weight is 491 g/mol. The fraction of sp³-hybridized carbons (Fsp3) is 0.0417. The Labute approximate surface area is 201 Å². The molecular weight excluding hydrogens is 476 g/mol. The van der Waals surface area contributed by atoms with Gasteiger partial charge in [-0.25, -0.2) is 4.98 Å². The second-order valence-corrected chi connectivity index (χ2v) is 10.6. The van der Waals surface area contributed by atoms with E-state index >= 15 is 0 Å². The van der Waals surface area contributed by atoms with Crippen molar-refractivity contribution >= 4 is 66.3 Å². The van der Waals surface area contributed by atoms with E-state index in [2.05, 4.69) is 39.0 Å². The minimum absolute atomic E-state index is 0.720. The predicted octanol–water partition coefficient (Wildman–Crippen LogP) is 7.70. The van der Waals surface area contributed by atoms with Gasteiger partial charge in [-0.1, -0.05) is 71.9 Å². The third-order valence-electron chi connectivity index (χ3n) is 5.05. The molecule has 3 aromatic heterocycles. The first-order chi connectivity index (χ1) is 15.8. The van der Waals surface area contributed by atoms with Gasteiger partial charge in [0.2, 0.25) is 0 Å². The molecule has 0 aliphatic rings. The largest absolute Gasteiger partial charge is 0.269 e. The topological polar surface area (TPSA) is 43.6 Å². The van der Waals surface area contributed by atoms with E-state index in [0.29, 0.717) is 0 Å². The van der Waals surface area contributed by atoms with Crippen LogP contribution in [0.1, 0.15) is 5.01 Å². The first kappa shape index (κ1) is 19.9. The van der Waals surface area contributed by atoms with E-state index in [0.717, 1.165) is 52.9 Å². The van der Waals surface area contributed by atoms with Crippen molar-refractivity contribution in [3.63, 3.8) is 0 Å². The Balaban J connectivity index is 1.43. The standard InChI is InChI=1S/C24H15ClN4S3/c25-21-16-10-4-6-12-18(16)32-22(21)23-27-28-24(29(23)15-8-2-1-3-9-15)30-14-20-26-17-11-5-7-13-19(17)31-20/h1-13H,14H2. The van der Waals surface area contributed by atoms with Gasteiger partial charge in [0.15, 0.2) is 11.0 Å². The van der Waals surface area contributed by atoms with E-state index in [1.54, 1.807) is 34.4 Å². The number of thioether (sulfide) groups is 1. The summed E-state index contributed by atoms with van der Waals surface area (Å²) < 4.78 is 4.43. The van der Waals surface area contributed by atoms with Gasteiger partial charge in [-0.05, 0) is 30.3 Å². The number of rotatable bonds is 5. The van der Waals surface area contributed by atoms with Crippen molar-refractivity contribution < 1.29 is 0 Å². The van der Waals surface area contributed by atoms with E-state index in [4.69, 9.17) is 16.6 Å². The van der Waals surface area contributed by atoms with Crippen molar-refractivity contribution in [2.75, 3.05) is 0 Å². The molecule has 3 heterocycles. The minimum Gasteiger partial charge on any atom is -0.269 e. The number of benzene rings is 3. The molecule has 0 fully saturated rings. The monoisotopic (exact) mass is 490 g/mol. The maximum atomic E-state index is 6.79. The lowest BCUT2D eigenvalue weighted by molar-refractivity contribution is 0.886. The van der Waals surface area contributed by atoms with Crippen LogP contribution in [0, 0.1) is 0 Å². The summed E-state index contributed by atoms with van der Waals surface area (Å²) in [7, 11) is 0. The molecule has 4 nitrogen and oxygen atoms in total. The second-order valence-electron chi connectivity index (χ2n) is 7.08. The lowest BCUT2D eigenvalue weighted by atomic mass is 10.2. The molecule has 0 atom stereocenters. The molecule has 156 valence electrons. The lowest BCUT2D eigenvalue weighted by Gasteiger charge is -2.09. The van der Waals surface area contributed by atoms with Crippen LogP contribution in [0.15, 0.2) is 84.0 Å². The smallest absolute Gasteiger partial charge is 0.196 e. The zero-order valence-electron chi connectivity index (χ0n) is 16.6. The molecule has 0 radical (unpaired) electrons. The van der Waals surface area contributed by atoms with Gasteiger partial charge >= 0.3 is 0 Å². The Morgan fingerprint density at radius 1 is 0.812 bits per heavy atom. The summed E-state index contributed by atoms with van der Waals surface area (Å²) in [5.74, 6) is 1.49. The molecule has 0 aliphatic heterocycles. The van der Waals surface area contributed by atoms with E-state index < -0.39 is 0 Å². The van der Waals surface area contributed by atoms with Crippen molar-refractivity contribution in [3.05, 3.63) is 88.9 Å². The summed E-state index contributed by atoms with van der Waals surface area (Å²) in [6.45, 7) is 0. The molecule has 32 heavy (non-hydrogen) atoms. The quantitative estimate of drug-likeness (QED) is 0.232. The highest BCUT2D eigenvalue weighted by atomic mass is 35.5. The summed E-state index contributed by atoms with van der Waals surface area (Å²) in [5, 5.41) is 12.8. The van der Waals surface area contributed by atoms with Crippen LogP contribution in [-0.4, -0.2) is 19.7 Å². The van der Waals surface area contributed by atoms with Crippen LogP contribution in [0.5, 0.6) is 0 Å². The number of hydrogen-bond donors (Lipinski definition) is 0. The Morgan fingerprint density at radius 2 is 1.56 bits per heavy atom. The number of nitrogens with zero attached hydrogens (tertiary/aromatic N) is 4. The Hall–Kier alpha value is -2.71. The highest BCUT2D eigenvalue weighted by Crippen LogP contribution is 2.43. The van der Waals surface area contributed by atoms with Crippen molar-refractivity contribution in [1.82, 2.24) is 19.7 Å². The van der Waals surface area contributed by atoms with Crippen LogP contribution in [-0.2, 0) is 5.75 Å². The summed E-state index contributed by atoms with van der Waals surface area (Å²) in [5.41, 5.74) is 2.04. The highest BCUT2D eigenvalue weighted by molar-refractivity contribution is 7.98. The fourth-order valence-corrected chi connectivity index (χ4v) is 6.99. The van der Waals surface area contributed by atoms with Crippen molar-refractivity contribution in [3.8, 4) is 16.4 Å². The van der Waals surface area contributed by atoms with Gasteiger partial charge in [-0.15, -0.1) is 32.9 Å². The zero-order chi connectivity index (χ0) is 21.5. The number of hydrogen-bond acceptors (Lipinski definition) is 6. The number of thiophene rings is 1. The number of thiazole rings is 1. The molecule has 0 N–H and O–H groups in total. The van der Waals surface area contributed by atoms with E-state index in [9.17, 15) is 0 Å². The molecule has 0 unspecified atom stereocenters. The number of para-hydroxylation sites is 2. The molecule has 0 aliphatic carbocycles.